The standard InChI is InChI=1S/C10H19N5O/c1-2-6-16-8-4-3-5-15(7-8)10-12-9(11)13-14-10/h8H,2-7H2,1H3,(H3,11,12,13,14). The monoisotopic (exact) mass is 225 g/mol. The second-order valence-corrected chi connectivity index (χ2v) is 4.10. The first-order chi connectivity index (χ1) is 7.79. The van der Waals surface area contributed by atoms with Crippen molar-refractivity contribution in [1.82, 2.24) is 15.2 Å². The van der Waals surface area contributed by atoms with Gasteiger partial charge >= 0.3 is 0 Å². The molecule has 1 aromatic heterocycles. The minimum atomic E-state index is 0.299. The molecule has 1 atom stereocenters. The molecule has 1 aliphatic heterocycles. The molecule has 1 aromatic rings. The van der Waals surface area contributed by atoms with Gasteiger partial charge in [0, 0.05) is 19.7 Å². The summed E-state index contributed by atoms with van der Waals surface area (Å²) in [6, 6.07) is 0. The van der Waals surface area contributed by atoms with Gasteiger partial charge in [-0.05, 0) is 19.3 Å². The molecule has 0 amide bonds. The van der Waals surface area contributed by atoms with E-state index in [1.165, 1.54) is 0 Å². The zero-order valence-electron chi connectivity index (χ0n) is 9.65. The number of piperidine rings is 1. The number of aromatic amines is 1. The zero-order valence-corrected chi connectivity index (χ0v) is 9.65. The molecule has 16 heavy (non-hydrogen) atoms. The number of H-pyrrole nitrogens is 1. The molecule has 0 aromatic carbocycles. The first-order valence-corrected chi connectivity index (χ1v) is 5.84. The Morgan fingerprint density at radius 2 is 2.50 bits per heavy atom. The number of anilines is 2. The molecule has 1 unspecified atom stereocenters. The van der Waals surface area contributed by atoms with Crippen molar-refractivity contribution in [2.24, 2.45) is 0 Å². The third-order valence-corrected chi connectivity index (χ3v) is 2.71. The van der Waals surface area contributed by atoms with Crippen LogP contribution >= 0.6 is 0 Å². The first kappa shape index (κ1) is 11.2. The predicted molar refractivity (Wildman–Crippen MR) is 62.3 cm³/mol. The lowest BCUT2D eigenvalue weighted by atomic mass is 10.1. The summed E-state index contributed by atoms with van der Waals surface area (Å²) in [5.41, 5.74) is 5.51. The molecule has 0 aliphatic carbocycles. The van der Waals surface area contributed by atoms with Gasteiger partial charge in [0.2, 0.25) is 11.9 Å². The lowest BCUT2D eigenvalue weighted by Crippen LogP contribution is -2.40. The third kappa shape index (κ3) is 2.63. The van der Waals surface area contributed by atoms with Crippen LogP contribution in [-0.2, 0) is 4.74 Å². The number of nitrogen functional groups attached to an aromatic ring is 1. The molecule has 1 fully saturated rings. The van der Waals surface area contributed by atoms with Crippen LogP contribution in [0.1, 0.15) is 26.2 Å². The molecule has 90 valence electrons. The molecule has 2 rings (SSSR count). The van der Waals surface area contributed by atoms with Gasteiger partial charge in [-0.2, -0.15) is 4.98 Å². The maximum absolute atomic E-state index is 5.75. The molecule has 6 heteroatoms. The second kappa shape index (κ2) is 5.16. The summed E-state index contributed by atoms with van der Waals surface area (Å²) < 4.78 is 5.75. The van der Waals surface area contributed by atoms with E-state index in [4.69, 9.17) is 10.5 Å². The molecule has 6 nitrogen and oxygen atoms in total. The SMILES string of the molecule is CCCOC1CCCN(c2n[nH]c(N)n2)C1. The summed E-state index contributed by atoms with van der Waals surface area (Å²) in [7, 11) is 0. The number of hydrogen-bond acceptors (Lipinski definition) is 5. The topological polar surface area (TPSA) is 80.1 Å². The smallest absolute Gasteiger partial charge is 0.246 e. The van der Waals surface area contributed by atoms with Crippen molar-refractivity contribution in [3.8, 4) is 0 Å². The van der Waals surface area contributed by atoms with Crippen LogP contribution < -0.4 is 10.6 Å². The summed E-state index contributed by atoms with van der Waals surface area (Å²) in [6.45, 7) is 4.78. The molecule has 2 heterocycles. The summed E-state index contributed by atoms with van der Waals surface area (Å²) in [5.74, 6) is 1.05. The van der Waals surface area contributed by atoms with E-state index in [0.29, 0.717) is 18.0 Å². The van der Waals surface area contributed by atoms with Crippen LogP contribution in [0.4, 0.5) is 11.9 Å². The molecular weight excluding hydrogens is 206 g/mol. The third-order valence-electron chi connectivity index (χ3n) is 2.71. The van der Waals surface area contributed by atoms with E-state index in [1.54, 1.807) is 0 Å². The quantitative estimate of drug-likeness (QED) is 0.791. The Morgan fingerprint density at radius 1 is 1.62 bits per heavy atom. The molecule has 1 saturated heterocycles. The maximum Gasteiger partial charge on any atom is 0.246 e. The first-order valence-electron chi connectivity index (χ1n) is 5.84. The summed E-state index contributed by atoms with van der Waals surface area (Å²) in [6.07, 6.45) is 3.59. The van der Waals surface area contributed by atoms with E-state index in [9.17, 15) is 0 Å². The van der Waals surface area contributed by atoms with E-state index in [1.807, 2.05) is 0 Å². The predicted octanol–water partition coefficient (Wildman–Crippen LogP) is 0.782. The van der Waals surface area contributed by atoms with Gasteiger partial charge in [-0.1, -0.05) is 6.92 Å². The van der Waals surface area contributed by atoms with Crippen molar-refractivity contribution in [2.45, 2.75) is 32.3 Å². The Hall–Kier alpha value is -1.30. The van der Waals surface area contributed by atoms with Crippen molar-refractivity contribution in [3.63, 3.8) is 0 Å². The van der Waals surface area contributed by atoms with Crippen molar-refractivity contribution < 1.29 is 4.74 Å². The average Bonchev–Trinajstić information content (AvgIpc) is 2.74. The minimum absolute atomic E-state index is 0.299. The van der Waals surface area contributed by atoms with E-state index in [-0.39, 0.29) is 0 Å². The number of nitrogens with one attached hydrogen (secondary N) is 1. The number of ether oxygens (including phenoxy) is 1. The highest BCUT2D eigenvalue weighted by atomic mass is 16.5. The average molecular weight is 225 g/mol. The van der Waals surface area contributed by atoms with Crippen molar-refractivity contribution in [1.29, 1.82) is 0 Å². The summed E-state index contributed by atoms with van der Waals surface area (Å²) in [4.78, 5) is 6.25. The Balaban J connectivity index is 1.91. The van der Waals surface area contributed by atoms with Crippen LogP contribution in [0.25, 0.3) is 0 Å². The van der Waals surface area contributed by atoms with E-state index < -0.39 is 0 Å². The zero-order chi connectivity index (χ0) is 11.4. The van der Waals surface area contributed by atoms with Gasteiger partial charge in [-0.25, -0.2) is 5.10 Å². The number of aromatic nitrogens is 3. The van der Waals surface area contributed by atoms with Crippen LogP contribution in [0.5, 0.6) is 0 Å². The van der Waals surface area contributed by atoms with Gasteiger partial charge in [0.1, 0.15) is 0 Å². The summed E-state index contributed by atoms with van der Waals surface area (Å²) >= 11 is 0. The Labute approximate surface area is 95.2 Å². The van der Waals surface area contributed by atoms with Gasteiger partial charge in [-0.15, -0.1) is 5.10 Å². The Kier molecular flexibility index (Phi) is 3.61. The molecule has 0 radical (unpaired) electrons. The summed E-state index contributed by atoms with van der Waals surface area (Å²) in [5, 5.41) is 6.72. The lowest BCUT2D eigenvalue weighted by molar-refractivity contribution is 0.0438. The fourth-order valence-corrected chi connectivity index (χ4v) is 1.95. The van der Waals surface area contributed by atoms with Gasteiger partial charge in [0.15, 0.2) is 0 Å². The van der Waals surface area contributed by atoms with Gasteiger partial charge in [-0.3, -0.25) is 0 Å². The van der Waals surface area contributed by atoms with E-state index in [0.717, 1.165) is 39.0 Å². The van der Waals surface area contributed by atoms with Gasteiger partial charge in [0.05, 0.1) is 6.10 Å². The number of rotatable bonds is 4. The number of nitrogens with zero attached hydrogens (tertiary/aromatic N) is 3. The number of nitrogens with two attached hydrogens (primary N) is 1. The van der Waals surface area contributed by atoms with Gasteiger partial charge < -0.3 is 15.4 Å². The fraction of sp³-hybridized carbons (Fsp3) is 0.800. The van der Waals surface area contributed by atoms with Crippen LogP contribution in [0.15, 0.2) is 0 Å². The molecule has 0 spiro atoms. The van der Waals surface area contributed by atoms with Crippen LogP contribution in [0, 0.1) is 0 Å². The maximum atomic E-state index is 5.75. The Morgan fingerprint density at radius 3 is 3.19 bits per heavy atom. The second-order valence-electron chi connectivity index (χ2n) is 4.10. The van der Waals surface area contributed by atoms with Crippen LogP contribution in [0.2, 0.25) is 0 Å². The molecule has 0 saturated carbocycles. The molecular formula is C10H19N5O. The minimum Gasteiger partial charge on any atom is -0.376 e. The van der Waals surface area contributed by atoms with Gasteiger partial charge in [0.25, 0.3) is 0 Å². The molecule has 0 bridgehead atoms. The van der Waals surface area contributed by atoms with Crippen LogP contribution in [0.3, 0.4) is 0 Å². The normalized spacial score (nSPS) is 21.3. The van der Waals surface area contributed by atoms with Crippen LogP contribution in [-0.4, -0.2) is 41.0 Å². The van der Waals surface area contributed by atoms with Crippen molar-refractivity contribution >= 4 is 11.9 Å². The molecule has 3 N–H and O–H groups in total. The highest BCUT2D eigenvalue weighted by Crippen LogP contribution is 2.18. The largest absolute Gasteiger partial charge is 0.376 e. The van der Waals surface area contributed by atoms with Crippen molar-refractivity contribution in [3.05, 3.63) is 0 Å². The molecule has 1 aliphatic rings. The fourth-order valence-electron chi connectivity index (χ4n) is 1.95. The van der Waals surface area contributed by atoms with Crippen molar-refractivity contribution in [2.75, 3.05) is 30.3 Å². The Bertz CT molecular complexity index is 327. The van der Waals surface area contributed by atoms with E-state index in [2.05, 4.69) is 27.0 Å². The van der Waals surface area contributed by atoms with E-state index >= 15 is 0 Å². The number of hydrogen-bond donors (Lipinski definition) is 2. The highest BCUT2D eigenvalue weighted by molar-refractivity contribution is 5.34. The lowest BCUT2D eigenvalue weighted by Gasteiger charge is -2.31. The highest BCUT2D eigenvalue weighted by Gasteiger charge is 2.22.